The van der Waals surface area contributed by atoms with E-state index in [0.29, 0.717) is 34.6 Å². The highest BCUT2D eigenvalue weighted by Gasteiger charge is 2.33. The number of nitrogens with zero attached hydrogens (tertiary/aromatic N) is 3. The van der Waals surface area contributed by atoms with E-state index in [-0.39, 0.29) is 23.7 Å². The highest BCUT2D eigenvalue weighted by Crippen LogP contribution is 2.29. The zero-order valence-corrected chi connectivity index (χ0v) is 16.6. The van der Waals surface area contributed by atoms with Crippen LogP contribution < -0.4 is 10.6 Å². The van der Waals surface area contributed by atoms with Gasteiger partial charge < -0.3 is 15.4 Å². The lowest BCUT2D eigenvalue weighted by molar-refractivity contribution is 0.0512. The number of methoxy groups -OCH3 is 1. The van der Waals surface area contributed by atoms with Gasteiger partial charge in [0.1, 0.15) is 4.88 Å². The molecule has 1 aliphatic rings. The molecule has 26 heavy (non-hydrogen) atoms. The van der Waals surface area contributed by atoms with Gasteiger partial charge in [0, 0.05) is 31.5 Å². The summed E-state index contributed by atoms with van der Waals surface area (Å²) in [6.45, 7) is 5.01. The van der Waals surface area contributed by atoms with Gasteiger partial charge in [0.15, 0.2) is 10.8 Å². The van der Waals surface area contributed by atoms with Gasteiger partial charge >= 0.3 is 0 Å². The minimum absolute atomic E-state index is 0. The van der Waals surface area contributed by atoms with Crippen molar-refractivity contribution in [1.29, 1.82) is 0 Å². The van der Waals surface area contributed by atoms with Gasteiger partial charge in [-0.2, -0.15) is 0 Å². The van der Waals surface area contributed by atoms with Crippen molar-refractivity contribution in [2.24, 2.45) is 5.41 Å². The summed E-state index contributed by atoms with van der Waals surface area (Å²) in [4.78, 5) is 26.1. The standard InChI is InChI=1S/C17H23N5O2S.ClH/c1-12-13(25-16(22-12)14-19-6-3-7-20-14)15(23)21-10-17(11-24-2)4-8-18-9-5-17;/h3,6-7,18H,4-5,8-11H2,1-2H3,(H,21,23);1H. The van der Waals surface area contributed by atoms with Gasteiger partial charge in [0.2, 0.25) is 0 Å². The fraction of sp³-hybridized carbons (Fsp3) is 0.529. The maximum absolute atomic E-state index is 12.7. The molecule has 1 amide bonds. The number of rotatable bonds is 6. The Morgan fingerprint density at radius 2 is 2.04 bits per heavy atom. The summed E-state index contributed by atoms with van der Waals surface area (Å²) in [5.41, 5.74) is 0.704. The van der Waals surface area contributed by atoms with Crippen LogP contribution >= 0.6 is 23.7 Å². The van der Waals surface area contributed by atoms with E-state index in [2.05, 4.69) is 25.6 Å². The molecule has 2 aromatic rings. The van der Waals surface area contributed by atoms with Gasteiger partial charge in [-0.15, -0.1) is 23.7 Å². The van der Waals surface area contributed by atoms with E-state index < -0.39 is 0 Å². The van der Waals surface area contributed by atoms with Gasteiger partial charge in [0.25, 0.3) is 5.91 Å². The van der Waals surface area contributed by atoms with Crippen LogP contribution in [-0.2, 0) is 4.74 Å². The number of aryl methyl sites for hydroxylation is 1. The molecule has 142 valence electrons. The third kappa shape index (κ3) is 4.76. The zero-order chi connectivity index (χ0) is 17.7. The summed E-state index contributed by atoms with van der Waals surface area (Å²) in [5.74, 6) is 0.454. The molecule has 0 aliphatic carbocycles. The topological polar surface area (TPSA) is 89.0 Å². The number of hydrogen-bond acceptors (Lipinski definition) is 7. The van der Waals surface area contributed by atoms with Crippen molar-refractivity contribution in [2.45, 2.75) is 19.8 Å². The summed E-state index contributed by atoms with van der Waals surface area (Å²) >= 11 is 1.33. The molecule has 3 rings (SSSR count). The second-order valence-electron chi connectivity index (χ2n) is 6.37. The van der Waals surface area contributed by atoms with Gasteiger partial charge in [-0.3, -0.25) is 4.79 Å². The number of hydrogen-bond donors (Lipinski definition) is 2. The van der Waals surface area contributed by atoms with Crippen LogP contribution in [0.4, 0.5) is 0 Å². The number of aromatic nitrogens is 3. The van der Waals surface area contributed by atoms with E-state index in [9.17, 15) is 4.79 Å². The molecule has 0 saturated carbocycles. The fourth-order valence-corrected chi connectivity index (χ4v) is 4.03. The monoisotopic (exact) mass is 397 g/mol. The molecule has 0 aromatic carbocycles. The van der Waals surface area contributed by atoms with Crippen molar-refractivity contribution in [3.63, 3.8) is 0 Å². The molecule has 0 unspecified atom stereocenters. The molecule has 1 fully saturated rings. The molecular weight excluding hydrogens is 374 g/mol. The minimum atomic E-state index is -0.0915. The van der Waals surface area contributed by atoms with Crippen LogP contribution in [0.2, 0.25) is 0 Å². The Kier molecular flexibility index (Phi) is 7.45. The molecule has 2 aromatic heterocycles. The number of piperidine rings is 1. The van der Waals surface area contributed by atoms with Crippen LogP contribution in [0.5, 0.6) is 0 Å². The number of ether oxygens (including phenoxy) is 1. The SMILES string of the molecule is COCC1(CNC(=O)c2sc(-c3ncccn3)nc2C)CCNCC1.Cl. The molecule has 2 N–H and O–H groups in total. The van der Waals surface area contributed by atoms with Gasteiger partial charge in [-0.25, -0.2) is 15.0 Å². The van der Waals surface area contributed by atoms with Crippen molar-refractivity contribution in [3.05, 3.63) is 29.0 Å². The Labute approximate surface area is 163 Å². The van der Waals surface area contributed by atoms with Crippen LogP contribution in [0.15, 0.2) is 18.5 Å². The van der Waals surface area contributed by atoms with E-state index in [1.807, 2.05) is 6.92 Å². The predicted molar refractivity (Wildman–Crippen MR) is 104 cm³/mol. The van der Waals surface area contributed by atoms with E-state index in [4.69, 9.17) is 4.74 Å². The summed E-state index contributed by atoms with van der Waals surface area (Å²) in [7, 11) is 1.71. The zero-order valence-electron chi connectivity index (χ0n) is 14.9. The number of carbonyl (C=O) groups excluding carboxylic acids is 1. The lowest BCUT2D eigenvalue weighted by atomic mass is 9.79. The van der Waals surface area contributed by atoms with Crippen molar-refractivity contribution >= 4 is 29.7 Å². The lowest BCUT2D eigenvalue weighted by Crippen LogP contribution is -2.47. The Bertz CT molecular complexity index is 714. The first-order chi connectivity index (χ1) is 12.1. The smallest absolute Gasteiger partial charge is 0.263 e. The fourth-order valence-electron chi connectivity index (χ4n) is 3.10. The molecular formula is C17H24ClN5O2S. The third-order valence-corrected chi connectivity index (χ3v) is 5.65. The third-order valence-electron chi connectivity index (χ3n) is 4.50. The highest BCUT2D eigenvalue weighted by molar-refractivity contribution is 7.17. The number of nitrogens with one attached hydrogen (secondary N) is 2. The van der Waals surface area contributed by atoms with E-state index in [1.165, 1.54) is 11.3 Å². The molecule has 0 bridgehead atoms. The van der Waals surface area contributed by atoms with E-state index in [1.54, 1.807) is 25.6 Å². The Morgan fingerprint density at radius 1 is 1.35 bits per heavy atom. The number of thiazole rings is 1. The van der Waals surface area contributed by atoms with E-state index in [0.717, 1.165) is 25.9 Å². The Balaban J connectivity index is 0.00000243. The first kappa shape index (κ1) is 20.7. The average molecular weight is 398 g/mol. The van der Waals surface area contributed by atoms with Gasteiger partial charge in [0.05, 0.1) is 12.3 Å². The number of amides is 1. The van der Waals surface area contributed by atoms with Crippen LogP contribution in [0, 0.1) is 12.3 Å². The van der Waals surface area contributed by atoms with Crippen molar-refractivity contribution < 1.29 is 9.53 Å². The molecule has 0 radical (unpaired) electrons. The lowest BCUT2D eigenvalue weighted by Gasteiger charge is -2.37. The van der Waals surface area contributed by atoms with Crippen LogP contribution in [0.1, 0.15) is 28.2 Å². The molecule has 9 heteroatoms. The summed E-state index contributed by atoms with van der Waals surface area (Å²) in [5, 5.41) is 7.10. The predicted octanol–water partition coefficient (Wildman–Crippen LogP) is 2.08. The molecule has 0 spiro atoms. The Morgan fingerprint density at radius 3 is 2.69 bits per heavy atom. The van der Waals surface area contributed by atoms with E-state index >= 15 is 0 Å². The minimum Gasteiger partial charge on any atom is -0.384 e. The highest BCUT2D eigenvalue weighted by atomic mass is 35.5. The molecule has 1 aliphatic heterocycles. The summed E-state index contributed by atoms with van der Waals surface area (Å²) < 4.78 is 5.40. The maximum Gasteiger partial charge on any atom is 0.263 e. The van der Waals surface area contributed by atoms with Crippen LogP contribution in [0.3, 0.4) is 0 Å². The van der Waals surface area contributed by atoms with Gasteiger partial charge in [-0.05, 0) is 38.9 Å². The normalized spacial score (nSPS) is 15.9. The second-order valence-corrected chi connectivity index (χ2v) is 7.37. The van der Waals surface area contributed by atoms with Crippen LogP contribution in [0.25, 0.3) is 10.8 Å². The second kappa shape index (κ2) is 9.36. The van der Waals surface area contributed by atoms with Crippen molar-refractivity contribution in [2.75, 3.05) is 33.4 Å². The van der Waals surface area contributed by atoms with Gasteiger partial charge in [-0.1, -0.05) is 0 Å². The summed E-state index contributed by atoms with van der Waals surface area (Å²) in [6.07, 6.45) is 5.33. The van der Waals surface area contributed by atoms with Crippen LogP contribution in [-0.4, -0.2) is 54.2 Å². The largest absolute Gasteiger partial charge is 0.384 e. The summed E-state index contributed by atoms with van der Waals surface area (Å²) in [6, 6.07) is 1.76. The number of halogens is 1. The Hall–Kier alpha value is -1.61. The van der Waals surface area contributed by atoms with Crippen molar-refractivity contribution in [1.82, 2.24) is 25.6 Å². The average Bonchev–Trinajstić information content (AvgIpc) is 3.03. The molecule has 7 nitrogen and oxygen atoms in total. The first-order valence-electron chi connectivity index (χ1n) is 8.36. The quantitative estimate of drug-likeness (QED) is 0.775. The molecule has 3 heterocycles. The first-order valence-corrected chi connectivity index (χ1v) is 9.18. The van der Waals surface area contributed by atoms with Crippen molar-refractivity contribution in [3.8, 4) is 10.8 Å². The molecule has 1 saturated heterocycles. The maximum atomic E-state index is 12.7. The molecule has 0 atom stereocenters. The number of carbonyl (C=O) groups is 1.